The van der Waals surface area contributed by atoms with Gasteiger partial charge in [-0.15, -0.1) is 0 Å². The number of rotatable bonds is 4. The Morgan fingerprint density at radius 3 is 2.38 bits per heavy atom. The predicted octanol–water partition coefficient (Wildman–Crippen LogP) is 4.08. The fraction of sp³-hybridized carbons (Fsp3) is 0.238. The maximum absolute atomic E-state index is 14.7. The van der Waals surface area contributed by atoms with Crippen LogP contribution in [0.4, 0.5) is 20.3 Å². The summed E-state index contributed by atoms with van der Waals surface area (Å²) in [6.45, 7) is 5.09. The van der Waals surface area contributed by atoms with Crippen molar-refractivity contribution >= 4 is 28.6 Å². The molecule has 0 aliphatic rings. The standard InChI is InChI=1S/C20H19F2N3O.CO2/c1-11(2)25(17-7-5-14(10-26)18(21)19(17)22)20-12(3)15-6-4-13(9-23)8-16(15)24-20;2-1-3/h4-8,11,24,26H,10H2,1-3H3;. The van der Waals surface area contributed by atoms with Gasteiger partial charge in [0.15, 0.2) is 11.6 Å². The van der Waals surface area contributed by atoms with E-state index in [0.717, 1.165) is 16.5 Å². The Bertz CT molecular complexity index is 1110. The van der Waals surface area contributed by atoms with E-state index in [9.17, 15) is 8.78 Å². The average Bonchev–Trinajstić information content (AvgIpc) is 3.01. The lowest BCUT2D eigenvalue weighted by molar-refractivity contribution is -0.191. The predicted molar refractivity (Wildman–Crippen MR) is 102 cm³/mol. The van der Waals surface area contributed by atoms with Crippen molar-refractivity contribution in [1.82, 2.24) is 4.98 Å². The molecule has 6 nitrogen and oxygen atoms in total. The number of anilines is 2. The number of nitrogens with one attached hydrogen (secondary N) is 1. The molecule has 0 aliphatic heterocycles. The second-order valence-electron chi connectivity index (χ2n) is 6.55. The van der Waals surface area contributed by atoms with Crippen molar-refractivity contribution in [3.8, 4) is 6.07 Å². The average molecular weight is 399 g/mol. The summed E-state index contributed by atoms with van der Waals surface area (Å²) in [5, 5.41) is 19.1. The molecule has 1 heterocycles. The summed E-state index contributed by atoms with van der Waals surface area (Å²) in [5.74, 6) is -1.41. The highest BCUT2D eigenvalue weighted by atomic mass is 19.2. The fourth-order valence-electron chi connectivity index (χ4n) is 3.18. The van der Waals surface area contributed by atoms with Gasteiger partial charge in [-0.2, -0.15) is 14.9 Å². The third-order valence-electron chi connectivity index (χ3n) is 4.49. The number of aliphatic hydroxyl groups is 1. The summed E-state index contributed by atoms with van der Waals surface area (Å²) in [7, 11) is 0. The highest BCUT2D eigenvalue weighted by Crippen LogP contribution is 2.37. The molecule has 0 bridgehead atoms. The number of benzene rings is 2. The van der Waals surface area contributed by atoms with E-state index in [1.54, 1.807) is 17.0 Å². The van der Waals surface area contributed by atoms with Crippen LogP contribution in [0.5, 0.6) is 0 Å². The minimum atomic E-state index is -1.05. The molecule has 0 radical (unpaired) electrons. The maximum atomic E-state index is 14.7. The zero-order valence-electron chi connectivity index (χ0n) is 16.1. The first-order valence-corrected chi connectivity index (χ1v) is 8.69. The number of H-pyrrole nitrogens is 1. The summed E-state index contributed by atoms with van der Waals surface area (Å²) < 4.78 is 28.9. The number of aromatic amines is 1. The number of aryl methyl sites for hydroxylation is 1. The molecule has 0 saturated carbocycles. The van der Waals surface area contributed by atoms with Crippen LogP contribution in [-0.2, 0) is 16.2 Å². The summed E-state index contributed by atoms with van der Waals surface area (Å²) in [6.07, 6.45) is 0.250. The van der Waals surface area contributed by atoms with Gasteiger partial charge in [0.05, 0.1) is 23.9 Å². The zero-order valence-corrected chi connectivity index (χ0v) is 16.1. The molecule has 0 unspecified atom stereocenters. The molecule has 2 N–H and O–H groups in total. The van der Waals surface area contributed by atoms with Crippen LogP contribution in [0.15, 0.2) is 30.3 Å². The Morgan fingerprint density at radius 2 is 1.83 bits per heavy atom. The first kappa shape index (κ1) is 21.8. The number of aromatic nitrogens is 1. The second-order valence-corrected chi connectivity index (χ2v) is 6.55. The van der Waals surface area contributed by atoms with Gasteiger partial charge in [0, 0.05) is 22.5 Å². The molecule has 3 rings (SSSR count). The van der Waals surface area contributed by atoms with Crippen LogP contribution in [0.1, 0.15) is 30.5 Å². The van der Waals surface area contributed by atoms with Gasteiger partial charge in [-0.3, -0.25) is 0 Å². The van der Waals surface area contributed by atoms with E-state index in [-0.39, 0.29) is 23.4 Å². The van der Waals surface area contributed by atoms with Gasteiger partial charge < -0.3 is 15.0 Å². The summed E-state index contributed by atoms with van der Waals surface area (Å²) in [5.41, 5.74) is 2.16. The van der Waals surface area contributed by atoms with Crippen molar-refractivity contribution in [2.24, 2.45) is 0 Å². The van der Waals surface area contributed by atoms with Crippen molar-refractivity contribution in [3.05, 3.63) is 58.7 Å². The molecule has 29 heavy (non-hydrogen) atoms. The van der Waals surface area contributed by atoms with Gasteiger partial charge in [-0.05, 0) is 44.5 Å². The minimum absolute atomic E-state index is 0.0815. The smallest absolute Gasteiger partial charge is 0.373 e. The number of halogens is 2. The molecule has 0 saturated heterocycles. The number of carbonyl (C=O) groups excluding carboxylic acids is 2. The van der Waals surface area contributed by atoms with Gasteiger partial charge in [-0.1, -0.05) is 12.1 Å². The number of aliphatic hydroxyl groups excluding tert-OH is 1. The Balaban J connectivity index is 0.000000941. The van der Waals surface area contributed by atoms with Gasteiger partial charge in [0.2, 0.25) is 0 Å². The van der Waals surface area contributed by atoms with Crippen LogP contribution in [-0.4, -0.2) is 22.3 Å². The van der Waals surface area contributed by atoms with E-state index < -0.39 is 18.2 Å². The lowest BCUT2D eigenvalue weighted by atomic mass is 10.1. The van der Waals surface area contributed by atoms with Crippen LogP contribution < -0.4 is 4.90 Å². The zero-order chi connectivity index (χ0) is 21.7. The molecule has 0 atom stereocenters. The minimum Gasteiger partial charge on any atom is -0.392 e. The van der Waals surface area contributed by atoms with Crippen molar-refractivity contribution in [2.75, 3.05) is 4.90 Å². The van der Waals surface area contributed by atoms with E-state index in [0.29, 0.717) is 11.4 Å². The van der Waals surface area contributed by atoms with Crippen molar-refractivity contribution in [3.63, 3.8) is 0 Å². The first-order valence-electron chi connectivity index (χ1n) is 8.69. The largest absolute Gasteiger partial charge is 0.392 e. The Morgan fingerprint density at radius 1 is 1.17 bits per heavy atom. The number of nitrogens with zero attached hydrogens (tertiary/aromatic N) is 2. The topological polar surface area (TPSA) is 97.2 Å². The Labute approximate surface area is 166 Å². The van der Waals surface area contributed by atoms with E-state index in [2.05, 4.69) is 11.1 Å². The highest BCUT2D eigenvalue weighted by molar-refractivity contribution is 5.91. The van der Waals surface area contributed by atoms with E-state index in [4.69, 9.17) is 20.0 Å². The number of nitriles is 1. The molecule has 0 fully saturated rings. The third-order valence-corrected chi connectivity index (χ3v) is 4.49. The molecule has 3 aromatic rings. The van der Waals surface area contributed by atoms with Crippen molar-refractivity contribution in [2.45, 2.75) is 33.4 Å². The molecule has 0 amide bonds. The van der Waals surface area contributed by atoms with Crippen molar-refractivity contribution < 1.29 is 23.5 Å². The highest BCUT2D eigenvalue weighted by Gasteiger charge is 2.24. The lowest BCUT2D eigenvalue weighted by Gasteiger charge is -2.29. The molecule has 8 heteroatoms. The number of hydrogen-bond acceptors (Lipinski definition) is 5. The van der Waals surface area contributed by atoms with Crippen LogP contribution in [0, 0.1) is 29.9 Å². The van der Waals surface area contributed by atoms with E-state index in [1.807, 2.05) is 26.8 Å². The molecule has 0 aliphatic carbocycles. The second kappa shape index (κ2) is 9.11. The quantitative estimate of drug-likeness (QED) is 0.689. The van der Waals surface area contributed by atoms with Gasteiger partial charge in [0.25, 0.3) is 0 Å². The van der Waals surface area contributed by atoms with Crippen LogP contribution >= 0.6 is 0 Å². The number of fused-ring (bicyclic) bond motifs is 1. The van der Waals surface area contributed by atoms with E-state index in [1.165, 1.54) is 12.1 Å². The molecule has 150 valence electrons. The van der Waals surface area contributed by atoms with Crippen molar-refractivity contribution in [1.29, 1.82) is 5.26 Å². The van der Waals surface area contributed by atoms with Gasteiger partial charge >= 0.3 is 6.15 Å². The summed E-state index contributed by atoms with van der Waals surface area (Å²) in [6, 6.07) is 10.1. The third kappa shape index (κ3) is 4.16. The summed E-state index contributed by atoms with van der Waals surface area (Å²) in [4.78, 5) is 21.2. The van der Waals surface area contributed by atoms with Crippen LogP contribution in [0.3, 0.4) is 0 Å². The van der Waals surface area contributed by atoms with Gasteiger partial charge in [0.1, 0.15) is 5.82 Å². The summed E-state index contributed by atoms with van der Waals surface area (Å²) >= 11 is 0. The van der Waals surface area contributed by atoms with E-state index >= 15 is 0 Å². The molecular weight excluding hydrogens is 380 g/mol. The fourth-order valence-corrected chi connectivity index (χ4v) is 3.18. The molecular formula is C21H19F2N3O3. The number of hydrogen-bond donors (Lipinski definition) is 2. The van der Waals surface area contributed by atoms with Gasteiger partial charge in [-0.25, -0.2) is 8.78 Å². The normalized spacial score (nSPS) is 10.3. The maximum Gasteiger partial charge on any atom is 0.373 e. The monoisotopic (exact) mass is 399 g/mol. The molecule has 1 aromatic heterocycles. The lowest BCUT2D eigenvalue weighted by Crippen LogP contribution is -2.27. The first-order chi connectivity index (χ1) is 13.8. The Kier molecular flexibility index (Phi) is 6.84. The SMILES string of the molecule is Cc1c(N(c2ccc(CO)c(F)c2F)C(C)C)[nH]c2cc(C#N)ccc12.O=C=O. The molecule has 2 aromatic carbocycles. The van der Waals surface area contributed by atoms with Crippen LogP contribution in [0.2, 0.25) is 0 Å². The molecule has 0 spiro atoms. The van der Waals surface area contributed by atoms with Crippen LogP contribution in [0.25, 0.3) is 10.9 Å². The Hall–Kier alpha value is -3.53.